The summed E-state index contributed by atoms with van der Waals surface area (Å²) in [6.07, 6.45) is 1.31. The summed E-state index contributed by atoms with van der Waals surface area (Å²) in [5.74, 6) is -2.71. The monoisotopic (exact) mass is 187 g/mol. The lowest BCUT2D eigenvalue weighted by Crippen LogP contribution is -2.08. The number of benzene rings is 1. The van der Waals surface area contributed by atoms with E-state index in [2.05, 4.69) is 11.9 Å². The summed E-state index contributed by atoms with van der Waals surface area (Å²) in [4.78, 5) is 0. The van der Waals surface area contributed by atoms with Gasteiger partial charge in [0.25, 0.3) is 0 Å². The minimum absolute atomic E-state index is 0.0402. The summed E-state index contributed by atoms with van der Waals surface area (Å²) in [6, 6.07) is 1.28. The number of halogens is 3. The average Bonchev–Trinajstić information content (AvgIpc) is 2.02. The summed E-state index contributed by atoms with van der Waals surface area (Å²) in [6.45, 7) is 3.28. The quantitative estimate of drug-likeness (QED) is 0.765. The highest BCUT2D eigenvalue weighted by Crippen LogP contribution is 2.14. The Kier molecular flexibility index (Phi) is 2.95. The molecule has 70 valence electrons. The first-order valence-electron chi connectivity index (χ1n) is 3.63. The van der Waals surface area contributed by atoms with Crippen molar-refractivity contribution in [3.8, 4) is 0 Å². The van der Waals surface area contributed by atoms with Crippen molar-refractivity contribution < 1.29 is 13.2 Å². The van der Waals surface area contributed by atoms with Gasteiger partial charge in [-0.15, -0.1) is 0 Å². The molecule has 0 saturated heterocycles. The molecule has 0 saturated carbocycles. The minimum atomic E-state index is -0.919. The first-order valence-corrected chi connectivity index (χ1v) is 3.63. The standard InChI is InChI=1S/C9H8F3N/c1-2-13-5-7-8(11)3-6(10)4-9(7)12/h2-4,13H,1,5H2. The van der Waals surface area contributed by atoms with Crippen LogP contribution >= 0.6 is 0 Å². The maximum Gasteiger partial charge on any atom is 0.134 e. The van der Waals surface area contributed by atoms with Gasteiger partial charge in [-0.2, -0.15) is 0 Å². The Morgan fingerprint density at radius 3 is 2.23 bits per heavy atom. The van der Waals surface area contributed by atoms with Crippen LogP contribution in [0.1, 0.15) is 5.56 Å². The van der Waals surface area contributed by atoms with Crippen LogP contribution in [0.5, 0.6) is 0 Å². The highest BCUT2D eigenvalue weighted by atomic mass is 19.1. The van der Waals surface area contributed by atoms with Gasteiger partial charge >= 0.3 is 0 Å². The molecule has 0 aromatic heterocycles. The molecule has 0 aliphatic rings. The molecule has 4 heteroatoms. The molecule has 0 radical (unpaired) electrons. The Bertz CT molecular complexity index is 300. The zero-order chi connectivity index (χ0) is 9.84. The zero-order valence-electron chi connectivity index (χ0n) is 6.78. The first-order chi connectivity index (χ1) is 6.15. The Morgan fingerprint density at radius 2 is 1.77 bits per heavy atom. The van der Waals surface area contributed by atoms with E-state index < -0.39 is 17.5 Å². The molecule has 0 fully saturated rings. The fourth-order valence-electron chi connectivity index (χ4n) is 0.915. The van der Waals surface area contributed by atoms with Crippen molar-refractivity contribution in [1.29, 1.82) is 0 Å². The first kappa shape index (κ1) is 9.64. The largest absolute Gasteiger partial charge is 0.387 e. The van der Waals surface area contributed by atoms with Crippen LogP contribution in [0.2, 0.25) is 0 Å². The topological polar surface area (TPSA) is 12.0 Å². The molecule has 0 aliphatic carbocycles. The van der Waals surface area contributed by atoms with Gasteiger partial charge in [0.2, 0.25) is 0 Å². The van der Waals surface area contributed by atoms with Crippen LogP contribution in [0.25, 0.3) is 0 Å². The molecular weight excluding hydrogens is 179 g/mol. The highest BCUT2D eigenvalue weighted by molar-refractivity contribution is 5.20. The van der Waals surface area contributed by atoms with E-state index >= 15 is 0 Å². The van der Waals surface area contributed by atoms with Gasteiger partial charge in [-0.05, 0) is 6.20 Å². The van der Waals surface area contributed by atoms with Gasteiger partial charge in [0.15, 0.2) is 0 Å². The lowest BCUT2D eigenvalue weighted by atomic mass is 10.2. The minimum Gasteiger partial charge on any atom is -0.387 e. The molecule has 1 rings (SSSR count). The van der Waals surface area contributed by atoms with Crippen molar-refractivity contribution in [2.75, 3.05) is 0 Å². The number of nitrogens with one attached hydrogen (secondary N) is 1. The smallest absolute Gasteiger partial charge is 0.134 e. The summed E-state index contributed by atoms with van der Waals surface area (Å²) in [5, 5.41) is 2.53. The maximum atomic E-state index is 12.9. The van der Waals surface area contributed by atoms with E-state index in [-0.39, 0.29) is 12.1 Å². The highest BCUT2D eigenvalue weighted by Gasteiger charge is 2.09. The second kappa shape index (κ2) is 3.98. The van der Waals surface area contributed by atoms with Crippen LogP contribution < -0.4 is 5.32 Å². The number of hydrogen-bond acceptors (Lipinski definition) is 1. The summed E-state index contributed by atoms with van der Waals surface area (Å²) in [7, 11) is 0. The van der Waals surface area contributed by atoms with E-state index in [1.165, 1.54) is 6.20 Å². The number of rotatable bonds is 3. The van der Waals surface area contributed by atoms with Crippen molar-refractivity contribution in [2.45, 2.75) is 6.54 Å². The summed E-state index contributed by atoms with van der Waals surface area (Å²) < 4.78 is 38.2. The maximum absolute atomic E-state index is 12.9. The summed E-state index contributed by atoms with van der Waals surface area (Å²) in [5.41, 5.74) is -0.193. The molecule has 1 aromatic rings. The van der Waals surface area contributed by atoms with Gasteiger partial charge < -0.3 is 5.32 Å². The lowest BCUT2D eigenvalue weighted by molar-refractivity contribution is 0.519. The van der Waals surface area contributed by atoms with Gasteiger partial charge in [-0.1, -0.05) is 6.58 Å². The van der Waals surface area contributed by atoms with Crippen molar-refractivity contribution in [2.24, 2.45) is 0 Å². The normalized spacial score (nSPS) is 9.77. The third-order valence-corrected chi connectivity index (χ3v) is 1.53. The zero-order valence-corrected chi connectivity index (χ0v) is 6.78. The molecule has 1 aromatic carbocycles. The van der Waals surface area contributed by atoms with Gasteiger partial charge in [-0.25, -0.2) is 13.2 Å². The predicted molar refractivity (Wildman–Crippen MR) is 43.4 cm³/mol. The SMILES string of the molecule is C=CNCc1c(F)cc(F)cc1F. The Hall–Kier alpha value is -1.45. The molecule has 0 unspecified atom stereocenters. The van der Waals surface area contributed by atoms with Gasteiger partial charge in [0.1, 0.15) is 17.5 Å². The van der Waals surface area contributed by atoms with Gasteiger partial charge in [0.05, 0.1) is 0 Å². The van der Waals surface area contributed by atoms with Gasteiger partial charge in [-0.3, -0.25) is 0 Å². The van der Waals surface area contributed by atoms with Crippen molar-refractivity contribution >= 4 is 0 Å². The van der Waals surface area contributed by atoms with Crippen molar-refractivity contribution in [3.05, 3.63) is 47.9 Å². The molecule has 0 bridgehead atoms. The van der Waals surface area contributed by atoms with Gasteiger partial charge in [0, 0.05) is 24.2 Å². The third-order valence-electron chi connectivity index (χ3n) is 1.53. The fourth-order valence-corrected chi connectivity index (χ4v) is 0.915. The molecule has 1 nitrogen and oxygen atoms in total. The Labute approximate surface area is 73.9 Å². The summed E-state index contributed by atoms with van der Waals surface area (Å²) >= 11 is 0. The third kappa shape index (κ3) is 2.24. The van der Waals surface area contributed by atoms with E-state index in [1.54, 1.807) is 0 Å². The Morgan fingerprint density at radius 1 is 1.23 bits per heavy atom. The molecule has 0 amide bonds. The molecule has 1 N–H and O–H groups in total. The second-order valence-corrected chi connectivity index (χ2v) is 2.43. The predicted octanol–water partition coefficient (Wildman–Crippen LogP) is 2.34. The van der Waals surface area contributed by atoms with E-state index in [1.807, 2.05) is 0 Å². The lowest BCUT2D eigenvalue weighted by Gasteiger charge is -2.04. The molecule has 0 aliphatic heterocycles. The second-order valence-electron chi connectivity index (χ2n) is 2.43. The fraction of sp³-hybridized carbons (Fsp3) is 0.111. The molecule has 0 spiro atoms. The van der Waals surface area contributed by atoms with Crippen LogP contribution in [0.3, 0.4) is 0 Å². The van der Waals surface area contributed by atoms with Crippen LogP contribution in [-0.4, -0.2) is 0 Å². The van der Waals surface area contributed by atoms with E-state index in [4.69, 9.17) is 0 Å². The van der Waals surface area contributed by atoms with Crippen molar-refractivity contribution in [3.63, 3.8) is 0 Å². The number of hydrogen-bond donors (Lipinski definition) is 1. The van der Waals surface area contributed by atoms with E-state index in [0.29, 0.717) is 12.1 Å². The van der Waals surface area contributed by atoms with E-state index in [0.717, 1.165) is 0 Å². The van der Waals surface area contributed by atoms with Crippen LogP contribution in [0.4, 0.5) is 13.2 Å². The molecule has 0 atom stereocenters. The Balaban J connectivity index is 2.98. The van der Waals surface area contributed by atoms with Crippen LogP contribution in [-0.2, 0) is 6.54 Å². The molecule has 13 heavy (non-hydrogen) atoms. The van der Waals surface area contributed by atoms with Crippen molar-refractivity contribution in [1.82, 2.24) is 5.32 Å². The molecular formula is C9H8F3N. The van der Waals surface area contributed by atoms with Crippen LogP contribution in [0.15, 0.2) is 24.9 Å². The average molecular weight is 187 g/mol. The van der Waals surface area contributed by atoms with Crippen LogP contribution in [0, 0.1) is 17.5 Å². The molecule has 0 heterocycles. The van der Waals surface area contributed by atoms with E-state index in [9.17, 15) is 13.2 Å².